The third-order valence-corrected chi connectivity index (χ3v) is 5.86. The fourth-order valence-electron chi connectivity index (χ4n) is 4.07. The van der Waals surface area contributed by atoms with Crippen LogP contribution in [0.2, 0.25) is 0 Å². The molecule has 1 saturated heterocycles. The normalized spacial score (nSPS) is 18.4. The second-order valence-electron chi connectivity index (χ2n) is 7.43. The second kappa shape index (κ2) is 8.13. The van der Waals surface area contributed by atoms with Gasteiger partial charge in [-0.1, -0.05) is 54.6 Å². The van der Waals surface area contributed by atoms with Crippen molar-refractivity contribution in [3.63, 3.8) is 0 Å². The zero-order valence-electron chi connectivity index (χ0n) is 16.4. The highest BCUT2D eigenvalue weighted by molar-refractivity contribution is 7.80. The van der Waals surface area contributed by atoms with E-state index < -0.39 is 0 Å². The molecule has 5 rings (SSSR count). The SMILES string of the molecule is S=C1NC(c2ccccn2)C(c2ccn(-c3ccccc3)c2)N1Cc1ccccc1. The lowest BCUT2D eigenvalue weighted by Gasteiger charge is -2.27. The van der Waals surface area contributed by atoms with Crippen LogP contribution in [0, 0.1) is 0 Å². The van der Waals surface area contributed by atoms with Gasteiger partial charge in [0, 0.05) is 30.8 Å². The van der Waals surface area contributed by atoms with Gasteiger partial charge in [-0.15, -0.1) is 0 Å². The van der Waals surface area contributed by atoms with E-state index in [4.69, 9.17) is 12.2 Å². The molecule has 4 aromatic rings. The molecule has 1 N–H and O–H groups in total. The molecule has 30 heavy (non-hydrogen) atoms. The molecule has 0 radical (unpaired) electrons. The summed E-state index contributed by atoms with van der Waals surface area (Å²) in [6.07, 6.45) is 6.15. The number of para-hydroxylation sites is 1. The van der Waals surface area contributed by atoms with E-state index in [-0.39, 0.29) is 12.1 Å². The zero-order valence-corrected chi connectivity index (χ0v) is 17.2. The van der Waals surface area contributed by atoms with Gasteiger partial charge < -0.3 is 14.8 Å². The van der Waals surface area contributed by atoms with Crippen molar-refractivity contribution in [2.75, 3.05) is 0 Å². The monoisotopic (exact) mass is 410 g/mol. The molecule has 5 heteroatoms. The van der Waals surface area contributed by atoms with E-state index in [1.807, 2.05) is 30.5 Å². The predicted molar refractivity (Wildman–Crippen MR) is 123 cm³/mol. The number of aromatic nitrogens is 2. The van der Waals surface area contributed by atoms with E-state index in [0.717, 1.165) is 23.0 Å². The molecule has 4 nitrogen and oxygen atoms in total. The molecule has 2 atom stereocenters. The minimum Gasteiger partial charge on any atom is -0.352 e. The highest BCUT2D eigenvalue weighted by Gasteiger charge is 2.40. The number of rotatable bonds is 5. The van der Waals surface area contributed by atoms with Crippen molar-refractivity contribution >= 4 is 17.3 Å². The van der Waals surface area contributed by atoms with E-state index in [1.165, 1.54) is 11.1 Å². The first-order chi connectivity index (χ1) is 14.8. The van der Waals surface area contributed by atoms with Gasteiger partial charge in [-0.25, -0.2) is 0 Å². The number of hydrogen-bond donors (Lipinski definition) is 1. The van der Waals surface area contributed by atoms with E-state index >= 15 is 0 Å². The van der Waals surface area contributed by atoms with E-state index in [2.05, 4.69) is 92.8 Å². The summed E-state index contributed by atoms with van der Waals surface area (Å²) in [5.41, 5.74) is 4.57. The molecule has 0 spiro atoms. The first kappa shape index (κ1) is 18.6. The molecule has 2 aromatic heterocycles. The Kier molecular flexibility index (Phi) is 5.03. The quantitative estimate of drug-likeness (QED) is 0.467. The summed E-state index contributed by atoms with van der Waals surface area (Å²) in [6, 6.07) is 29.1. The summed E-state index contributed by atoms with van der Waals surface area (Å²) in [4.78, 5) is 6.89. The van der Waals surface area contributed by atoms with E-state index in [0.29, 0.717) is 0 Å². The van der Waals surface area contributed by atoms with Crippen LogP contribution in [0.1, 0.15) is 28.9 Å². The van der Waals surface area contributed by atoms with Gasteiger partial charge >= 0.3 is 0 Å². The summed E-state index contributed by atoms with van der Waals surface area (Å²) < 4.78 is 2.16. The first-order valence-electron chi connectivity index (χ1n) is 10.0. The maximum absolute atomic E-state index is 5.77. The van der Waals surface area contributed by atoms with Gasteiger partial charge in [0.2, 0.25) is 0 Å². The Balaban J connectivity index is 1.54. The Morgan fingerprint density at radius 3 is 2.33 bits per heavy atom. The molecular weight excluding hydrogens is 388 g/mol. The lowest BCUT2D eigenvalue weighted by molar-refractivity contribution is 0.311. The lowest BCUT2D eigenvalue weighted by Crippen LogP contribution is -2.29. The largest absolute Gasteiger partial charge is 0.352 e. The van der Waals surface area contributed by atoms with Gasteiger partial charge in [-0.3, -0.25) is 4.98 Å². The topological polar surface area (TPSA) is 33.1 Å². The molecule has 1 aliphatic rings. The molecule has 148 valence electrons. The minimum absolute atomic E-state index is 0.00552. The van der Waals surface area contributed by atoms with Crippen LogP contribution in [0.5, 0.6) is 0 Å². The molecule has 1 fully saturated rings. The minimum atomic E-state index is -0.00552. The third kappa shape index (κ3) is 3.60. The average molecular weight is 411 g/mol. The van der Waals surface area contributed by atoms with E-state index in [1.54, 1.807) is 0 Å². The van der Waals surface area contributed by atoms with Gasteiger partial charge in [-0.2, -0.15) is 0 Å². The summed E-state index contributed by atoms with van der Waals surface area (Å²) in [5.74, 6) is 0. The van der Waals surface area contributed by atoms with Crippen molar-refractivity contribution < 1.29 is 0 Å². The smallest absolute Gasteiger partial charge is 0.170 e. The fourth-order valence-corrected chi connectivity index (χ4v) is 4.37. The lowest BCUT2D eigenvalue weighted by atomic mass is 9.98. The van der Waals surface area contributed by atoms with Gasteiger partial charge in [0.15, 0.2) is 5.11 Å². The fraction of sp³-hybridized carbons (Fsp3) is 0.120. The zero-order chi connectivity index (χ0) is 20.3. The van der Waals surface area contributed by atoms with E-state index in [9.17, 15) is 0 Å². The maximum Gasteiger partial charge on any atom is 0.170 e. The Morgan fingerprint density at radius 2 is 1.60 bits per heavy atom. The van der Waals surface area contributed by atoms with Crippen LogP contribution in [0.3, 0.4) is 0 Å². The predicted octanol–water partition coefficient (Wildman–Crippen LogP) is 5.05. The molecule has 0 amide bonds. The molecule has 3 heterocycles. The van der Waals surface area contributed by atoms with Gasteiger partial charge in [-0.05, 0) is 53.7 Å². The van der Waals surface area contributed by atoms with Crippen molar-refractivity contribution in [3.05, 3.63) is 120 Å². The highest BCUT2D eigenvalue weighted by atomic mass is 32.1. The van der Waals surface area contributed by atoms with Crippen molar-refractivity contribution in [2.24, 2.45) is 0 Å². The van der Waals surface area contributed by atoms with Crippen LogP contribution < -0.4 is 5.32 Å². The number of benzene rings is 2. The number of nitrogens with zero attached hydrogens (tertiary/aromatic N) is 3. The number of pyridine rings is 1. The standard InChI is InChI=1S/C25H22N4S/c30-25-27-23(22-13-7-8-15-26-22)24(29(25)17-19-9-3-1-4-10-19)20-14-16-28(18-20)21-11-5-2-6-12-21/h1-16,18,23-24H,17H2,(H,27,30). The van der Waals surface area contributed by atoms with Gasteiger partial charge in [0.05, 0.1) is 17.8 Å². The number of hydrogen-bond acceptors (Lipinski definition) is 2. The molecule has 1 aliphatic heterocycles. The van der Waals surface area contributed by atoms with Gasteiger partial charge in [0.25, 0.3) is 0 Å². The molecule has 0 saturated carbocycles. The summed E-state index contributed by atoms with van der Waals surface area (Å²) in [5, 5.41) is 4.28. The Morgan fingerprint density at radius 1 is 0.867 bits per heavy atom. The van der Waals surface area contributed by atoms with Crippen molar-refractivity contribution in [1.29, 1.82) is 0 Å². The van der Waals surface area contributed by atoms with Crippen LogP contribution in [0.4, 0.5) is 0 Å². The second-order valence-corrected chi connectivity index (χ2v) is 7.81. The van der Waals surface area contributed by atoms with Crippen molar-refractivity contribution in [2.45, 2.75) is 18.6 Å². The van der Waals surface area contributed by atoms with Crippen LogP contribution >= 0.6 is 12.2 Å². The van der Waals surface area contributed by atoms with Gasteiger partial charge in [0.1, 0.15) is 0 Å². The third-order valence-electron chi connectivity index (χ3n) is 5.51. The van der Waals surface area contributed by atoms with Crippen LogP contribution in [0.15, 0.2) is 104 Å². The number of thiocarbonyl (C=S) groups is 1. The Hall–Kier alpha value is -3.44. The highest BCUT2D eigenvalue weighted by Crippen LogP contribution is 2.39. The van der Waals surface area contributed by atoms with Crippen molar-refractivity contribution in [1.82, 2.24) is 19.8 Å². The Labute approximate surface area is 181 Å². The summed E-state index contributed by atoms with van der Waals surface area (Å²) >= 11 is 5.77. The molecule has 0 bridgehead atoms. The molecule has 0 aliphatic carbocycles. The van der Waals surface area contributed by atoms with Crippen LogP contribution in [0.25, 0.3) is 5.69 Å². The average Bonchev–Trinajstić information content (AvgIpc) is 3.41. The summed E-state index contributed by atoms with van der Waals surface area (Å²) in [7, 11) is 0. The first-order valence-corrected chi connectivity index (χ1v) is 10.5. The summed E-state index contributed by atoms with van der Waals surface area (Å²) in [6.45, 7) is 0.747. The van der Waals surface area contributed by atoms with Crippen LogP contribution in [-0.2, 0) is 6.54 Å². The van der Waals surface area contributed by atoms with Crippen molar-refractivity contribution in [3.8, 4) is 5.69 Å². The Bertz CT molecular complexity index is 1130. The molecular formula is C25H22N4S. The molecule has 2 unspecified atom stereocenters. The maximum atomic E-state index is 5.77. The molecule has 2 aromatic carbocycles. The number of nitrogens with one attached hydrogen (secondary N) is 1. The van der Waals surface area contributed by atoms with Crippen LogP contribution in [-0.4, -0.2) is 19.6 Å².